The average Bonchev–Trinajstić information content (AvgIpc) is 2.92. The van der Waals surface area contributed by atoms with Crippen molar-refractivity contribution < 1.29 is 9.47 Å². The third-order valence-corrected chi connectivity index (χ3v) is 3.38. The molecule has 1 N–H and O–H groups in total. The van der Waals surface area contributed by atoms with Crippen LogP contribution in [0.2, 0.25) is 0 Å². The molecule has 2 heterocycles. The molecular formula is C14H22N2O2. The van der Waals surface area contributed by atoms with Crippen molar-refractivity contribution in [1.29, 1.82) is 0 Å². The van der Waals surface area contributed by atoms with Crippen LogP contribution < -0.4 is 10.1 Å². The molecule has 0 spiro atoms. The fraction of sp³-hybridized carbons (Fsp3) is 0.643. The van der Waals surface area contributed by atoms with E-state index in [2.05, 4.69) is 17.2 Å². The van der Waals surface area contributed by atoms with Gasteiger partial charge in [0.2, 0.25) is 0 Å². The van der Waals surface area contributed by atoms with Crippen LogP contribution in [0.1, 0.15) is 31.5 Å². The summed E-state index contributed by atoms with van der Waals surface area (Å²) in [6.45, 7) is 4.56. The molecule has 1 fully saturated rings. The monoisotopic (exact) mass is 250 g/mol. The van der Waals surface area contributed by atoms with Crippen LogP contribution in [-0.4, -0.2) is 31.9 Å². The first-order valence-corrected chi connectivity index (χ1v) is 6.67. The van der Waals surface area contributed by atoms with Crippen molar-refractivity contribution in [2.75, 3.05) is 26.9 Å². The maximum Gasteiger partial charge on any atom is 0.137 e. The van der Waals surface area contributed by atoms with Gasteiger partial charge in [0.15, 0.2) is 0 Å². The maximum atomic E-state index is 5.73. The highest BCUT2D eigenvalue weighted by atomic mass is 16.5. The topological polar surface area (TPSA) is 43.4 Å². The summed E-state index contributed by atoms with van der Waals surface area (Å²) in [6, 6.07) is 4.35. The lowest BCUT2D eigenvalue weighted by Crippen LogP contribution is -2.16. The Morgan fingerprint density at radius 3 is 3.00 bits per heavy atom. The Balaban J connectivity index is 1.86. The fourth-order valence-corrected chi connectivity index (χ4v) is 2.17. The van der Waals surface area contributed by atoms with E-state index in [0.29, 0.717) is 12.0 Å². The molecule has 2 unspecified atom stereocenters. The predicted octanol–water partition coefficient (Wildman–Crippen LogP) is 2.17. The number of ether oxygens (including phenoxy) is 2. The Morgan fingerprint density at radius 2 is 2.44 bits per heavy atom. The lowest BCUT2D eigenvalue weighted by atomic mass is 10.1. The molecule has 1 aliphatic heterocycles. The molecule has 1 aromatic heterocycles. The fourth-order valence-electron chi connectivity index (χ4n) is 2.17. The maximum absolute atomic E-state index is 5.73. The molecular weight excluding hydrogens is 228 g/mol. The molecule has 0 bridgehead atoms. The SMILES string of the molecule is CCC(NC)c1ccc(OCC2CCOC2)cn1. The van der Waals surface area contributed by atoms with E-state index in [1.165, 1.54) is 0 Å². The zero-order chi connectivity index (χ0) is 12.8. The third-order valence-electron chi connectivity index (χ3n) is 3.38. The highest BCUT2D eigenvalue weighted by Gasteiger charge is 2.16. The normalized spacial score (nSPS) is 20.9. The number of hydrogen-bond donors (Lipinski definition) is 1. The second-order valence-electron chi connectivity index (χ2n) is 4.71. The van der Waals surface area contributed by atoms with Crippen molar-refractivity contribution in [3.05, 3.63) is 24.0 Å². The van der Waals surface area contributed by atoms with Gasteiger partial charge in [-0.3, -0.25) is 4.98 Å². The van der Waals surface area contributed by atoms with Crippen LogP contribution in [0.3, 0.4) is 0 Å². The Morgan fingerprint density at radius 1 is 1.56 bits per heavy atom. The molecule has 0 aromatic carbocycles. The van der Waals surface area contributed by atoms with Gasteiger partial charge in [-0.15, -0.1) is 0 Å². The number of pyridine rings is 1. The van der Waals surface area contributed by atoms with Crippen LogP contribution in [0.4, 0.5) is 0 Å². The molecule has 0 aliphatic carbocycles. The van der Waals surface area contributed by atoms with Crippen molar-refractivity contribution in [3.8, 4) is 5.75 Å². The summed E-state index contributed by atoms with van der Waals surface area (Å²) in [5.41, 5.74) is 1.07. The van der Waals surface area contributed by atoms with E-state index < -0.39 is 0 Å². The van der Waals surface area contributed by atoms with Crippen LogP contribution >= 0.6 is 0 Å². The molecule has 0 radical (unpaired) electrons. The van der Waals surface area contributed by atoms with E-state index in [0.717, 1.165) is 44.1 Å². The number of aromatic nitrogens is 1. The van der Waals surface area contributed by atoms with E-state index in [9.17, 15) is 0 Å². The van der Waals surface area contributed by atoms with E-state index in [4.69, 9.17) is 9.47 Å². The lowest BCUT2D eigenvalue weighted by Gasteiger charge is -2.14. The molecule has 100 valence electrons. The molecule has 1 aromatic rings. The number of hydrogen-bond acceptors (Lipinski definition) is 4. The van der Waals surface area contributed by atoms with Crippen LogP contribution in [0, 0.1) is 5.92 Å². The predicted molar refractivity (Wildman–Crippen MR) is 70.7 cm³/mol. The smallest absolute Gasteiger partial charge is 0.137 e. The van der Waals surface area contributed by atoms with Gasteiger partial charge in [0.1, 0.15) is 5.75 Å². The van der Waals surface area contributed by atoms with Gasteiger partial charge >= 0.3 is 0 Å². The van der Waals surface area contributed by atoms with Crippen molar-refractivity contribution >= 4 is 0 Å². The highest BCUT2D eigenvalue weighted by molar-refractivity contribution is 5.21. The number of rotatable bonds is 6. The Kier molecular flexibility index (Phi) is 4.96. The van der Waals surface area contributed by atoms with Gasteiger partial charge in [0, 0.05) is 18.6 Å². The second kappa shape index (κ2) is 6.71. The standard InChI is InChI=1S/C14H22N2O2/c1-3-13(15-2)14-5-4-12(8-16-14)18-10-11-6-7-17-9-11/h4-5,8,11,13,15H,3,6-7,9-10H2,1-2H3. The molecule has 2 atom stereocenters. The number of nitrogens with one attached hydrogen (secondary N) is 1. The minimum absolute atomic E-state index is 0.322. The van der Waals surface area contributed by atoms with Gasteiger partial charge in [0.05, 0.1) is 25.1 Å². The minimum atomic E-state index is 0.322. The van der Waals surface area contributed by atoms with Crippen LogP contribution in [-0.2, 0) is 4.74 Å². The summed E-state index contributed by atoms with van der Waals surface area (Å²) in [6.07, 6.45) is 3.94. The molecule has 4 heteroatoms. The Bertz CT molecular complexity index is 343. The molecule has 0 saturated carbocycles. The average molecular weight is 250 g/mol. The summed E-state index contributed by atoms with van der Waals surface area (Å²) >= 11 is 0. The van der Waals surface area contributed by atoms with Gasteiger partial charge in [-0.2, -0.15) is 0 Å². The van der Waals surface area contributed by atoms with Crippen molar-refractivity contribution in [1.82, 2.24) is 10.3 Å². The summed E-state index contributed by atoms with van der Waals surface area (Å²) in [4.78, 5) is 4.45. The quantitative estimate of drug-likeness (QED) is 0.840. The van der Waals surface area contributed by atoms with E-state index >= 15 is 0 Å². The van der Waals surface area contributed by atoms with Crippen LogP contribution in [0.5, 0.6) is 5.75 Å². The van der Waals surface area contributed by atoms with Crippen molar-refractivity contribution in [2.45, 2.75) is 25.8 Å². The summed E-state index contributed by atoms with van der Waals surface area (Å²) < 4.78 is 11.1. The van der Waals surface area contributed by atoms with Gasteiger partial charge < -0.3 is 14.8 Å². The molecule has 2 rings (SSSR count). The van der Waals surface area contributed by atoms with Gasteiger partial charge in [0.25, 0.3) is 0 Å². The Labute approximate surface area is 109 Å². The lowest BCUT2D eigenvalue weighted by molar-refractivity contribution is 0.167. The van der Waals surface area contributed by atoms with Crippen LogP contribution in [0.25, 0.3) is 0 Å². The minimum Gasteiger partial charge on any atom is -0.492 e. The zero-order valence-corrected chi connectivity index (χ0v) is 11.2. The van der Waals surface area contributed by atoms with Gasteiger partial charge in [-0.1, -0.05) is 6.92 Å². The number of nitrogens with zero attached hydrogens (tertiary/aromatic N) is 1. The summed E-state index contributed by atoms with van der Waals surface area (Å²) in [5, 5.41) is 3.24. The summed E-state index contributed by atoms with van der Waals surface area (Å²) in [5.74, 6) is 1.38. The van der Waals surface area contributed by atoms with Gasteiger partial charge in [-0.05, 0) is 32.0 Å². The first-order valence-electron chi connectivity index (χ1n) is 6.67. The molecule has 1 saturated heterocycles. The molecule has 18 heavy (non-hydrogen) atoms. The first-order chi connectivity index (χ1) is 8.83. The second-order valence-corrected chi connectivity index (χ2v) is 4.71. The molecule has 0 amide bonds. The van der Waals surface area contributed by atoms with E-state index in [1.54, 1.807) is 0 Å². The van der Waals surface area contributed by atoms with Crippen molar-refractivity contribution in [3.63, 3.8) is 0 Å². The Hall–Kier alpha value is -1.13. The first kappa shape index (κ1) is 13.3. The largest absolute Gasteiger partial charge is 0.492 e. The third kappa shape index (κ3) is 3.43. The van der Waals surface area contributed by atoms with Crippen molar-refractivity contribution in [2.24, 2.45) is 5.92 Å². The highest BCUT2D eigenvalue weighted by Crippen LogP contribution is 2.18. The van der Waals surface area contributed by atoms with E-state index in [1.807, 2.05) is 25.4 Å². The van der Waals surface area contributed by atoms with Crippen LogP contribution in [0.15, 0.2) is 18.3 Å². The molecule has 1 aliphatic rings. The van der Waals surface area contributed by atoms with Gasteiger partial charge in [-0.25, -0.2) is 0 Å². The zero-order valence-electron chi connectivity index (χ0n) is 11.2. The summed E-state index contributed by atoms with van der Waals surface area (Å²) in [7, 11) is 1.96. The van der Waals surface area contributed by atoms with E-state index in [-0.39, 0.29) is 0 Å². The molecule has 4 nitrogen and oxygen atoms in total.